The maximum Gasteiger partial charge on any atom is 0.246 e. The molecular formula is C19H24ClIN4O2. The molecular weight excluding hydrogens is 479 g/mol. The van der Waals surface area contributed by atoms with E-state index in [1.807, 2.05) is 43.1 Å². The third-order valence-corrected chi connectivity index (χ3v) is 3.95. The van der Waals surface area contributed by atoms with E-state index in [4.69, 9.17) is 11.6 Å². The van der Waals surface area contributed by atoms with Crippen molar-refractivity contribution in [2.45, 2.75) is 13.5 Å². The summed E-state index contributed by atoms with van der Waals surface area (Å²) in [6.45, 7) is 3.21. The van der Waals surface area contributed by atoms with E-state index in [1.165, 1.54) is 12.1 Å². The normalized spacial score (nSPS) is 10.7. The molecule has 0 saturated carbocycles. The van der Waals surface area contributed by atoms with Gasteiger partial charge in [0.1, 0.15) is 12.3 Å². The fourth-order valence-corrected chi connectivity index (χ4v) is 2.51. The van der Waals surface area contributed by atoms with E-state index in [1.54, 1.807) is 12.1 Å². The maximum absolute atomic E-state index is 12.1. The van der Waals surface area contributed by atoms with Crippen molar-refractivity contribution in [3.8, 4) is 5.75 Å². The van der Waals surface area contributed by atoms with Gasteiger partial charge in [0.05, 0.1) is 0 Å². The third kappa shape index (κ3) is 7.64. The van der Waals surface area contributed by atoms with Gasteiger partial charge in [0.2, 0.25) is 5.91 Å². The summed E-state index contributed by atoms with van der Waals surface area (Å²) < 4.78 is 0. The van der Waals surface area contributed by atoms with E-state index in [2.05, 4.69) is 15.6 Å². The number of halogens is 2. The van der Waals surface area contributed by atoms with Gasteiger partial charge < -0.3 is 20.6 Å². The predicted molar refractivity (Wildman–Crippen MR) is 121 cm³/mol. The molecule has 27 heavy (non-hydrogen) atoms. The van der Waals surface area contributed by atoms with Crippen molar-refractivity contribution in [1.29, 1.82) is 0 Å². The average Bonchev–Trinajstić information content (AvgIpc) is 2.62. The van der Waals surface area contributed by atoms with Crippen LogP contribution in [0.2, 0.25) is 5.02 Å². The first-order chi connectivity index (χ1) is 12.5. The number of hydrogen-bond acceptors (Lipinski definition) is 3. The highest BCUT2D eigenvalue weighted by Crippen LogP contribution is 2.16. The summed E-state index contributed by atoms with van der Waals surface area (Å²) >= 11 is 6.21. The van der Waals surface area contributed by atoms with E-state index >= 15 is 0 Å². The van der Waals surface area contributed by atoms with Crippen molar-refractivity contribution in [2.75, 3.05) is 25.5 Å². The molecule has 0 radical (unpaired) electrons. The van der Waals surface area contributed by atoms with Crippen molar-refractivity contribution < 1.29 is 9.90 Å². The number of guanidine groups is 1. The van der Waals surface area contributed by atoms with Crippen LogP contribution >= 0.6 is 35.6 Å². The van der Waals surface area contributed by atoms with Crippen LogP contribution in [0.3, 0.4) is 0 Å². The average molecular weight is 503 g/mol. The number of amides is 1. The zero-order chi connectivity index (χ0) is 18.9. The zero-order valence-electron chi connectivity index (χ0n) is 15.3. The monoisotopic (exact) mass is 502 g/mol. The van der Waals surface area contributed by atoms with Crippen molar-refractivity contribution >= 4 is 53.1 Å². The molecule has 8 heteroatoms. The molecule has 0 aliphatic rings. The molecule has 0 aliphatic heterocycles. The van der Waals surface area contributed by atoms with Crippen LogP contribution in [0.25, 0.3) is 0 Å². The van der Waals surface area contributed by atoms with Gasteiger partial charge in [0.25, 0.3) is 0 Å². The number of aliphatic imine (C=N–C) groups is 1. The molecule has 0 saturated heterocycles. The highest BCUT2D eigenvalue weighted by molar-refractivity contribution is 14.0. The molecule has 0 spiro atoms. The molecule has 2 aromatic carbocycles. The SMILES string of the molecule is CCNC(=NCC(=O)Nc1ccc(O)cc1)N(C)Cc1ccccc1Cl.I. The smallest absolute Gasteiger partial charge is 0.246 e. The second kappa shape index (κ2) is 11.7. The Morgan fingerprint density at radius 3 is 2.48 bits per heavy atom. The van der Waals surface area contributed by atoms with Gasteiger partial charge in [-0.1, -0.05) is 29.8 Å². The quantitative estimate of drug-likeness (QED) is 0.244. The number of anilines is 1. The summed E-state index contributed by atoms with van der Waals surface area (Å²) in [6, 6.07) is 13.9. The first-order valence-corrected chi connectivity index (χ1v) is 8.69. The van der Waals surface area contributed by atoms with Crippen LogP contribution in [0, 0.1) is 0 Å². The summed E-state index contributed by atoms with van der Waals surface area (Å²) in [6.07, 6.45) is 0. The summed E-state index contributed by atoms with van der Waals surface area (Å²) in [5.41, 5.74) is 1.59. The van der Waals surface area contributed by atoms with Gasteiger partial charge in [-0.25, -0.2) is 4.99 Å². The topological polar surface area (TPSA) is 77.0 Å². The number of carbonyl (C=O) groups excluding carboxylic acids is 1. The molecule has 6 nitrogen and oxygen atoms in total. The molecule has 2 rings (SSSR count). The third-order valence-electron chi connectivity index (χ3n) is 3.59. The second-order valence-electron chi connectivity index (χ2n) is 5.71. The second-order valence-corrected chi connectivity index (χ2v) is 6.12. The molecule has 0 fully saturated rings. The van der Waals surface area contributed by atoms with Crippen molar-refractivity contribution in [1.82, 2.24) is 10.2 Å². The minimum atomic E-state index is -0.239. The summed E-state index contributed by atoms with van der Waals surface area (Å²) in [5.74, 6) is 0.530. The highest BCUT2D eigenvalue weighted by atomic mass is 127. The number of hydrogen-bond donors (Lipinski definition) is 3. The highest BCUT2D eigenvalue weighted by Gasteiger charge is 2.10. The number of aromatic hydroxyl groups is 1. The minimum Gasteiger partial charge on any atom is -0.508 e. The van der Waals surface area contributed by atoms with Crippen molar-refractivity contribution in [3.05, 3.63) is 59.1 Å². The lowest BCUT2D eigenvalue weighted by Gasteiger charge is -2.22. The number of carbonyl (C=O) groups is 1. The Labute approximate surface area is 181 Å². The predicted octanol–water partition coefficient (Wildman–Crippen LogP) is 3.70. The van der Waals surface area contributed by atoms with Crippen LogP contribution in [-0.4, -0.2) is 42.0 Å². The summed E-state index contributed by atoms with van der Waals surface area (Å²) in [7, 11) is 1.89. The van der Waals surface area contributed by atoms with Crippen LogP contribution < -0.4 is 10.6 Å². The molecule has 0 aliphatic carbocycles. The van der Waals surface area contributed by atoms with E-state index in [0.717, 1.165) is 5.56 Å². The maximum atomic E-state index is 12.1. The summed E-state index contributed by atoms with van der Waals surface area (Å²) in [5, 5.41) is 15.9. The van der Waals surface area contributed by atoms with Gasteiger partial charge in [-0.15, -0.1) is 24.0 Å². The molecule has 2 aromatic rings. The lowest BCUT2D eigenvalue weighted by molar-refractivity contribution is -0.114. The van der Waals surface area contributed by atoms with Gasteiger partial charge in [0.15, 0.2) is 5.96 Å². The van der Waals surface area contributed by atoms with E-state index < -0.39 is 0 Å². The number of nitrogens with one attached hydrogen (secondary N) is 2. The van der Waals surface area contributed by atoms with Crippen LogP contribution in [0.1, 0.15) is 12.5 Å². The number of phenolic OH excluding ortho intramolecular Hbond substituents is 1. The van der Waals surface area contributed by atoms with Crippen LogP contribution in [0.4, 0.5) is 5.69 Å². The first kappa shape index (κ1) is 23.0. The van der Waals surface area contributed by atoms with Crippen LogP contribution in [-0.2, 0) is 11.3 Å². The minimum absolute atomic E-state index is 0. The lowest BCUT2D eigenvalue weighted by atomic mass is 10.2. The number of phenols is 1. The van der Waals surface area contributed by atoms with Crippen LogP contribution in [0.15, 0.2) is 53.5 Å². The van der Waals surface area contributed by atoms with E-state index in [-0.39, 0.29) is 42.2 Å². The van der Waals surface area contributed by atoms with Gasteiger partial charge in [0, 0.05) is 30.8 Å². The van der Waals surface area contributed by atoms with Crippen LogP contribution in [0.5, 0.6) is 5.75 Å². The van der Waals surface area contributed by atoms with Crippen molar-refractivity contribution in [2.24, 2.45) is 4.99 Å². The Morgan fingerprint density at radius 2 is 1.85 bits per heavy atom. The first-order valence-electron chi connectivity index (χ1n) is 8.31. The summed E-state index contributed by atoms with van der Waals surface area (Å²) in [4.78, 5) is 18.4. The molecule has 0 bridgehead atoms. The molecule has 0 unspecified atom stereocenters. The Bertz CT molecular complexity index is 769. The Balaban J connectivity index is 0.00000364. The number of benzene rings is 2. The molecule has 0 aromatic heterocycles. The Kier molecular flexibility index (Phi) is 9.95. The Morgan fingerprint density at radius 1 is 1.19 bits per heavy atom. The fourth-order valence-electron chi connectivity index (χ4n) is 2.32. The van der Waals surface area contributed by atoms with Gasteiger partial charge in [-0.2, -0.15) is 0 Å². The van der Waals surface area contributed by atoms with Gasteiger partial charge >= 0.3 is 0 Å². The van der Waals surface area contributed by atoms with Gasteiger partial charge in [-0.3, -0.25) is 4.79 Å². The molecule has 146 valence electrons. The van der Waals surface area contributed by atoms with Gasteiger partial charge in [-0.05, 0) is 42.8 Å². The molecule has 3 N–H and O–H groups in total. The van der Waals surface area contributed by atoms with Crippen molar-refractivity contribution in [3.63, 3.8) is 0 Å². The number of rotatable bonds is 6. The lowest BCUT2D eigenvalue weighted by Crippen LogP contribution is -2.39. The van der Waals surface area contributed by atoms with E-state index in [9.17, 15) is 9.90 Å². The molecule has 1 amide bonds. The molecule has 0 heterocycles. The Hall–Kier alpha value is -2.00. The molecule has 0 atom stereocenters. The van der Waals surface area contributed by atoms with E-state index in [0.29, 0.717) is 29.8 Å². The zero-order valence-corrected chi connectivity index (χ0v) is 18.4. The standard InChI is InChI=1S/C19H23ClN4O2.HI/c1-3-21-19(24(2)13-14-6-4-5-7-17(14)20)22-12-18(26)23-15-8-10-16(25)11-9-15;/h4-11,25H,3,12-13H2,1-2H3,(H,21,22)(H,23,26);1H. The largest absolute Gasteiger partial charge is 0.508 e. The fraction of sp³-hybridized carbons (Fsp3) is 0.263. The number of nitrogens with zero attached hydrogens (tertiary/aromatic N) is 2.